The minimum Gasteiger partial charge on any atom is -0.481 e. The Kier molecular flexibility index (Phi) is 4.83. The molecule has 4 heterocycles. The van der Waals surface area contributed by atoms with Gasteiger partial charge < -0.3 is 19.3 Å². The molecule has 0 saturated carbocycles. The van der Waals surface area contributed by atoms with E-state index in [2.05, 4.69) is 30.0 Å². The second-order valence-corrected chi connectivity index (χ2v) is 6.80. The molecule has 0 N–H and O–H groups in total. The molecule has 2 aliphatic rings. The van der Waals surface area contributed by atoms with Crippen LogP contribution in [0.2, 0.25) is 0 Å². The van der Waals surface area contributed by atoms with E-state index in [1.807, 2.05) is 25.1 Å². The van der Waals surface area contributed by atoms with Crippen LogP contribution in [0.5, 0.6) is 5.88 Å². The van der Waals surface area contributed by atoms with Crippen molar-refractivity contribution in [2.75, 3.05) is 49.7 Å². The quantitative estimate of drug-likeness (QED) is 0.815. The second-order valence-electron chi connectivity index (χ2n) is 6.80. The van der Waals surface area contributed by atoms with Crippen LogP contribution in [0.1, 0.15) is 12.1 Å². The third-order valence-electron chi connectivity index (χ3n) is 5.11. The van der Waals surface area contributed by atoms with E-state index in [0.29, 0.717) is 18.4 Å². The van der Waals surface area contributed by atoms with Crippen molar-refractivity contribution in [3.05, 3.63) is 30.2 Å². The molecule has 2 saturated heterocycles. The van der Waals surface area contributed by atoms with Gasteiger partial charge in [-0.1, -0.05) is 0 Å². The van der Waals surface area contributed by atoms with Crippen molar-refractivity contribution < 1.29 is 9.47 Å². The Hall–Kier alpha value is -2.48. The summed E-state index contributed by atoms with van der Waals surface area (Å²) in [5.74, 6) is 2.89. The van der Waals surface area contributed by atoms with Crippen molar-refractivity contribution >= 4 is 11.6 Å². The van der Waals surface area contributed by atoms with Crippen LogP contribution in [0.15, 0.2) is 24.5 Å². The number of rotatable bonds is 3. The lowest BCUT2D eigenvalue weighted by Crippen LogP contribution is -2.47. The first-order valence-corrected chi connectivity index (χ1v) is 9.01. The van der Waals surface area contributed by atoms with Gasteiger partial charge in [0.1, 0.15) is 12.1 Å². The number of aromatic nitrogens is 4. The summed E-state index contributed by atoms with van der Waals surface area (Å²) in [5, 5.41) is 8.53. The van der Waals surface area contributed by atoms with Crippen LogP contribution in [0.25, 0.3) is 0 Å². The van der Waals surface area contributed by atoms with Gasteiger partial charge in [-0.3, -0.25) is 0 Å². The fourth-order valence-corrected chi connectivity index (χ4v) is 3.64. The first-order chi connectivity index (χ1) is 12.7. The molecule has 8 heteroatoms. The molecule has 0 aromatic carbocycles. The van der Waals surface area contributed by atoms with E-state index in [4.69, 9.17) is 9.47 Å². The molecule has 2 fully saturated rings. The SMILES string of the molecule is COc1cc(N2CC[C@H]3CN(c4ccc(C)nn4)CCO[C@H]3C2)ncn1. The summed E-state index contributed by atoms with van der Waals surface area (Å²) < 4.78 is 11.4. The van der Waals surface area contributed by atoms with E-state index >= 15 is 0 Å². The Morgan fingerprint density at radius 2 is 1.96 bits per heavy atom. The molecule has 0 unspecified atom stereocenters. The van der Waals surface area contributed by atoms with E-state index in [-0.39, 0.29) is 6.10 Å². The Labute approximate surface area is 153 Å². The van der Waals surface area contributed by atoms with Crippen molar-refractivity contribution in [3.8, 4) is 5.88 Å². The molecule has 138 valence electrons. The number of ether oxygens (including phenoxy) is 2. The minimum atomic E-state index is 0.188. The van der Waals surface area contributed by atoms with Gasteiger partial charge in [0.25, 0.3) is 0 Å². The number of fused-ring (bicyclic) bond motifs is 1. The number of nitrogens with zero attached hydrogens (tertiary/aromatic N) is 6. The Morgan fingerprint density at radius 3 is 2.77 bits per heavy atom. The summed E-state index contributed by atoms with van der Waals surface area (Å²) in [7, 11) is 1.62. The molecule has 0 radical (unpaired) electrons. The van der Waals surface area contributed by atoms with Crippen LogP contribution < -0.4 is 14.5 Å². The summed E-state index contributed by atoms with van der Waals surface area (Å²) in [4.78, 5) is 13.0. The molecule has 8 nitrogen and oxygen atoms in total. The minimum absolute atomic E-state index is 0.188. The molecule has 0 bridgehead atoms. The van der Waals surface area contributed by atoms with Crippen LogP contribution in [-0.2, 0) is 4.74 Å². The second kappa shape index (κ2) is 7.41. The lowest BCUT2D eigenvalue weighted by molar-refractivity contribution is 0.0251. The molecule has 0 spiro atoms. The van der Waals surface area contributed by atoms with Gasteiger partial charge in [-0.2, -0.15) is 5.10 Å². The van der Waals surface area contributed by atoms with Crippen molar-refractivity contribution in [1.82, 2.24) is 20.2 Å². The molecule has 0 amide bonds. The van der Waals surface area contributed by atoms with Gasteiger partial charge >= 0.3 is 0 Å². The monoisotopic (exact) mass is 356 g/mol. The molecule has 26 heavy (non-hydrogen) atoms. The highest BCUT2D eigenvalue weighted by atomic mass is 16.5. The number of methoxy groups -OCH3 is 1. The number of hydrogen-bond acceptors (Lipinski definition) is 8. The van der Waals surface area contributed by atoms with E-state index < -0.39 is 0 Å². The predicted octanol–water partition coefficient (Wildman–Crippen LogP) is 1.32. The van der Waals surface area contributed by atoms with E-state index in [9.17, 15) is 0 Å². The summed E-state index contributed by atoms with van der Waals surface area (Å²) in [6.45, 7) is 6.21. The number of piperidine rings is 1. The topological polar surface area (TPSA) is 76.5 Å². The van der Waals surface area contributed by atoms with Gasteiger partial charge in [-0.05, 0) is 25.5 Å². The average molecular weight is 356 g/mol. The molecule has 0 aliphatic carbocycles. The number of anilines is 2. The summed E-state index contributed by atoms with van der Waals surface area (Å²) >= 11 is 0. The van der Waals surface area contributed by atoms with E-state index in [1.165, 1.54) is 0 Å². The van der Waals surface area contributed by atoms with Gasteiger partial charge in [0.2, 0.25) is 5.88 Å². The fraction of sp³-hybridized carbons (Fsp3) is 0.556. The van der Waals surface area contributed by atoms with Crippen LogP contribution in [-0.4, -0.2) is 66.2 Å². The van der Waals surface area contributed by atoms with Crippen LogP contribution in [0, 0.1) is 12.8 Å². The number of hydrogen-bond donors (Lipinski definition) is 0. The van der Waals surface area contributed by atoms with Crippen molar-refractivity contribution in [2.24, 2.45) is 5.92 Å². The molecule has 4 rings (SSSR count). The molecular weight excluding hydrogens is 332 g/mol. The van der Waals surface area contributed by atoms with Gasteiger partial charge in [0, 0.05) is 38.2 Å². The van der Waals surface area contributed by atoms with Crippen molar-refractivity contribution in [3.63, 3.8) is 0 Å². The molecule has 2 aliphatic heterocycles. The summed E-state index contributed by atoms with van der Waals surface area (Å²) in [6, 6.07) is 5.94. The average Bonchev–Trinajstić information content (AvgIpc) is 2.90. The Balaban J connectivity index is 1.45. The van der Waals surface area contributed by atoms with Crippen LogP contribution in [0.3, 0.4) is 0 Å². The standard InChI is InChI=1S/C18H24N6O2/c1-13-3-4-16(22-21-13)24-7-8-26-15-11-23(6-5-14(15)10-24)17-9-18(25-2)20-12-19-17/h3-4,9,12,14-15H,5-8,10-11H2,1-2H3/t14-,15-/m0/s1. The van der Waals surface area contributed by atoms with Crippen molar-refractivity contribution in [2.45, 2.75) is 19.4 Å². The predicted molar refractivity (Wildman–Crippen MR) is 97.6 cm³/mol. The lowest BCUT2D eigenvalue weighted by Gasteiger charge is -2.38. The van der Waals surface area contributed by atoms with Crippen LogP contribution in [0.4, 0.5) is 11.6 Å². The maximum atomic E-state index is 6.18. The summed E-state index contributed by atoms with van der Waals surface area (Å²) in [5.41, 5.74) is 0.936. The normalized spacial score (nSPS) is 23.3. The fourth-order valence-electron chi connectivity index (χ4n) is 3.64. The third-order valence-corrected chi connectivity index (χ3v) is 5.11. The highest BCUT2D eigenvalue weighted by Gasteiger charge is 2.34. The van der Waals surface area contributed by atoms with Gasteiger partial charge in [0.15, 0.2) is 5.82 Å². The zero-order valence-electron chi connectivity index (χ0n) is 15.2. The van der Waals surface area contributed by atoms with Crippen molar-refractivity contribution in [1.29, 1.82) is 0 Å². The maximum Gasteiger partial charge on any atom is 0.218 e. The molecule has 2 atom stereocenters. The van der Waals surface area contributed by atoms with Gasteiger partial charge in [0.05, 0.1) is 25.5 Å². The highest BCUT2D eigenvalue weighted by molar-refractivity contribution is 5.42. The zero-order valence-corrected chi connectivity index (χ0v) is 15.2. The van der Waals surface area contributed by atoms with Gasteiger partial charge in [-0.15, -0.1) is 5.10 Å². The van der Waals surface area contributed by atoms with Crippen LogP contribution >= 0.6 is 0 Å². The molecular formula is C18H24N6O2. The Morgan fingerprint density at radius 1 is 1.08 bits per heavy atom. The first-order valence-electron chi connectivity index (χ1n) is 9.01. The Bertz CT molecular complexity index is 741. The molecule has 2 aromatic rings. The third kappa shape index (κ3) is 3.55. The maximum absolute atomic E-state index is 6.18. The first kappa shape index (κ1) is 17.0. The largest absolute Gasteiger partial charge is 0.481 e. The highest BCUT2D eigenvalue weighted by Crippen LogP contribution is 2.28. The van der Waals surface area contributed by atoms with E-state index in [0.717, 1.165) is 49.9 Å². The molecule has 2 aromatic heterocycles. The van der Waals surface area contributed by atoms with E-state index in [1.54, 1.807) is 13.4 Å². The smallest absolute Gasteiger partial charge is 0.218 e. The summed E-state index contributed by atoms with van der Waals surface area (Å²) in [6.07, 6.45) is 2.78. The number of aryl methyl sites for hydroxylation is 1. The lowest BCUT2D eigenvalue weighted by atomic mass is 9.93. The van der Waals surface area contributed by atoms with Gasteiger partial charge in [-0.25, -0.2) is 9.97 Å². The zero-order chi connectivity index (χ0) is 17.9.